The maximum Gasteiger partial charge on any atom is 0.353 e. The molecular weight excluding hydrogens is 210 g/mol. The van der Waals surface area contributed by atoms with Crippen LogP contribution in [0, 0.1) is 10.1 Å². The van der Waals surface area contributed by atoms with Crippen LogP contribution >= 0.6 is 0 Å². The first-order valence-corrected chi connectivity index (χ1v) is 4.59. The van der Waals surface area contributed by atoms with E-state index in [0.29, 0.717) is 6.54 Å². The van der Waals surface area contributed by atoms with Crippen molar-refractivity contribution in [1.29, 1.82) is 0 Å². The lowest BCUT2D eigenvalue weighted by Gasteiger charge is -2.12. The zero-order valence-electron chi connectivity index (χ0n) is 9.17. The summed E-state index contributed by atoms with van der Waals surface area (Å²) in [6.07, 6.45) is 2.88. The average molecular weight is 223 g/mol. The largest absolute Gasteiger partial charge is 0.361 e. The van der Waals surface area contributed by atoms with Gasteiger partial charge in [-0.1, -0.05) is 6.08 Å². The van der Waals surface area contributed by atoms with Gasteiger partial charge in [0.2, 0.25) is 11.6 Å². The monoisotopic (exact) mass is 223 g/mol. The van der Waals surface area contributed by atoms with Crippen LogP contribution in [-0.4, -0.2) is 35.5 Å². The van der Waals surface area contributed by atoms with E-state index in [9.17, 15) is 10.1 Å². The molecule has 0 aromatic carbocycles. The fraction of sp³-hybridized carbons (Fsp3) is 0.333. The molecule has 1 N–H and O–H groups in total. The number of anilines is 2. The van der Waals surface area contributed by atoms with Gasteiger partial charge in [0.1, 0.15) is 6.33 Å². The van der Waals surface area contributed by atoms with E-state index >= 15 is 0 Å². The average Bonchev–Trinajstić information content (AvgIpc) is 2.25. The van der Waals surface area contributed by atoms with E-state index in [0.717, 1.165) is 0 Å². The van der Waals surface area contributed by atoms with Gasteiger partial charge in [0.05, 0.1) is 4.92 Å². The molecule has 0 radical (unpaired) electrons. The molecule has 1 aromatic rings. The van der Waals surface area contributed by atoms with E-state index in [1.165, 1.54) is 6.33 Å². The maximum atomic E-state index is 10.9. The van der Waals surface area contributed by atoms with Gasteiger partial charge in [0, 0.05) is 20.6 Å². The van der Waals surface area contributed by atoms with Crippen LogP contribution in [-0.2, 0) is 0 Å². The van der Waals surface area contributed by atoms with Crippen molar-refractivity contribution in [3.63, 3.8) is 0 Å². The molecule has 16 heavy (non-hydrogen) atoms. The van der Waals surface area contributed by atoms with Crippen molar-refractivity contribution in [3.8, 4) is 0 Å². The minimum atomic E-state index is -0.499. The highest BCUT2D eigenvalue weighted by molar-refractivity contribution is 5.69. The molecule has 0 aliphatic heterocycles. The van der Waals surface area contributed by atoms with Gasteiger partial charge in [0.15, 0.2) is 0 Å². The Morgan fingerprint density at radius 3 is 2.81 bits per heavy atom. The van der Waals surface area contributed by atoms with Crippen LogP contribution in [0.3, 0.4) is 0 Å². The molecule has 0 aliphatic rings. The predicted octanol–water partition coefficient (Wildman–Crippen LogP) is 1.05. The summed E-state index contributed by atoms with van der Waals surface area (Å²) in [5.74, 6) is 0.468. The summed E-state index contributed by atoms with van der Waals surface area (Å²) < 4.78 is 0. The molecular formula is C9H13N5O2. The van der Waals surface area contributed by atoms with E-state index in [4.69, 9.17) is 0 Å². The molecule has 7 heteroatoms. The Morgan fingerprint density at radius 1 is 1.62 bits per heavy atom. The molecule has 0 spiro atoms. The predicted molar refractivity (Wildman–Crippen MR) is 61.7 cm³/mol. The van der Waals surface area contributed by atoms with E-state index in [-0.39, 0.29) is 17.3 Å². The Labute approximate surface area is 93.0 Å². The Hall–Kier alpha value is -2.18. The van der Waals surface area contributed by atoms with E-state index in [1.54, 1.807) is 25.1 Å². The minimum Gasteiger partial charge on any atom is -0.361 e. The molecule has 1 rings (SSSR count). The maximum absolute atomic E-state index is 10.9. The van der Waals surface area contributed by atoms with Crippen LogP contribution in [0.1, 0.15) is 0 Å². The molecule has 1 aromatic heterocycles. The van der Waals surface area contributed by atoms with Gasteiger partial charge >= 0.3 is 5.69 Å². The summed E-state index contributed by atoms with van der Waals surface area (Å²) in [4.78, 5) is 19.7. The third-order valence-electron chi connectivity index (χ3n) is 1.82. The molecule has 7 nitrogen and oxygen atoms in total. The number of nitrogens with one attached hydrogen (secondary N) is 1. The standard InChI is InChI=1S/C9H13N5O2/c1-4-5-10-8-7(14(15)16)9(13(2)3)12-6-11-8/h4,6H,1,5H2,2-3H3,(H,10,11,12). The lowest BCUT2D eigenvalue weighted by atomic mass is 10.4. The number of rotatable bonds is 5. The Balaban J connectivity index is 3.21. The van der Waals surface area contributed by atoms with Crippen LogP contribution in [0.2, 0.25) is 0 Å². The first-order chi connectivity index (χ1) is 7.57. The summed E-state index contributed by atoms with van der Waals surface area (Å²) in [5.41, 5.74) is -0.130. The molecule has 0 bridgehead atoms. The summed E-state index contributed by atoms with van der Waals surface area (Å²) in [7, 11) is 3.37. The smallest absolute Gasteiger partial charge is 0.353 e. The second-order valence-corrected chi connectivity index (χ2v) is 3.22. The van der Waals surface area contributed by atoms with Crippen molar-refractivity contribution in [2.24, 2.45) is 0 Å². The molecule has 0 fully saturated rings. The summed E-state index contributed by atoms with van der Waals surface area (Å²) >= 11 is 0. The fourth-order valence-electron chi connectivity index (χ4n) is 1.16. The second kappa shape index (κ2) is 5.06. The summed E-state index contributed by atoms with van der Waals surface area (Å²) in [6.45, 7) is 3.93. The van der Waals surface area contributed by atoms with Gasteiger partial charge in [-0.25, -0.2) is 9.97 Å². The van der Waals surface area contributed by atoms with E-state index in [1.807, 2.05) is 0 Å². The van der Waals surface area contributed by atoms with Crippen molar-refractivity contribution in [2.75, 3.05) is 30.9 Å². The van der Waals surface area contributed by atoms with E-state index < -0.39 is 4.92 Å². The Morgan fingerprint density at radius 2 is 2.31 bits per heavy atom. The van der Waals surface area contributed by atoms with E-state index in [2.05, 4.69) is 21.9 Å². The summed E-state index contributed by atoms with van der Waals surface area (Å²) in [5, 5.41) is 13.7. The topological polar surface area (TPSA) is 84.2 Å². The lowest BCUT2D eigenvalue weighted by molar-refractivity contribution is -0.383. The summed E-state index contributed by atoms with van der Waals surface area (Å²) in [6, 6.07) is 0. The molecule has 0 amide bonds. The third kappa shape index (κ3) is 2.44. The molecule has 0 saturated heterocycles. The molecule has 0 unspecified atom stereocenters. The van der Waals surface area contributed by atoms with Crippen molar-refractivity contribution >= 4 is 17.3 Å². The normalized spacial score (nSPS) is 9.62. The molecule has 0 saturated carbocycles. The van der Waals surface area contributed by atoms with Crippen LogP contribution < -0.4 is 10.2 Å². The quantitative estimate of drug-likeness (QED) is 0.456. The van der Waals surface area contributed by atoms with Crippen molar-refractivity contribution in [2.45, 2.75) is 0 Å². The van der Waals surface area contributed by atoms with Crippen molar-refractivity contribution in [3.05, 3.63) is 29.1 Å². The van der Waals surface area contributed by atoms with Crippen LogP contribution in [0.4, 0.5) is 17.3 Å². The zero-order valence-corrected chi connectivity index (χ0v) is 9.17. The van der Waals surface area contributed by atoms with Gasteiger partial charge in [-0.2, -0.15) is 0 Å². The minimum absolute atomic E-state index is 0.130. The van der Waals surface area contributed by atoms with Gasteiger partial charge < -0.3 is 10.2 Å². The molecule has 0 atom stereocenters. The fourth-order valence-corrected chi connectivity index (χ4v) is 1.16. The first kappa shape index (κ1) is 11.9. The number of aromatic nitrogens is 2. The zero-order chi connectivity index (χ0) is 12.1. The number of hydrogen-bond acceptors (Lipinski definition) is 6. The molecule has 0 aliphatic carbocycles. The lowest BCUT2D eigenvalue weighted by Crippen LogP contribution is -2.15. The third-order valence-corrected chi connectivity index (χ3v) is 1.82. The van der Waals surface area contributed by atoms with Gasteiger partial charge in [-0.3, -0.25) is 10.1 Å². The highest BCUT2D eigenvalue weighted by Gasteiger charge is 2.23. The Bertz CT molecular complexity index is 405. The second-order valence-electron chi connectivity index (χ2n) is 3.22. The SMILES string of the molecule is C=CCNc1ncnc(N(C)C)c1[N+](=O)[O-]. The van der Waals surface area contributed by atoms with Gasteiger partial charge in [0.25, 0.3) is 0 Å². The highest BCUT2D eigenvalue weighted by Crippen LogP contribution is 2.30. The molecule has 86 valence electrons. The number of hydrogen-bond donors (Lipinski definition) is 1. The molecule has 1 heterocycles. The highest BCUT2D eigenvalue weighted by atomic mass is 16.6. The van der Waals surface area contributed by atoms with Crippen LogP contribution in [0.25, 0.3) is 0 Å². The van der Waals surface area contributed by atoms with Gasteiger partial charge in [-0.05, 0) is 0 Å². The number of nitrogens with zero attached hydrogens (tertiary/aromatic N) is 4. The Kier molecular flexibility index (Phi) is 3.76. The van der Waals surface area contributed by atoms with Crippen molar-refractivity contribution in [1.82, 2.24) is 9.97 Å². The van der Waals surface area contributed by atoms with Crippen LogP contribution in [0.15, 0.2) is 19.0 Å². The first-order valence-electron chi connectivity index (χ1n) is 4.59. The van der Waals surface area contributed by atoms with Crippen molar-refractivity contribution < 1.29 is 4.92 Å². The van der Waals surface area contributed by atoms with Crippen LogP contribution in [0.5, 0.6) is 0 Å². The number of nitro groups is 1. The van der Waals surface area contributed by atoms with Gasteiger partial charge in [-0.15, -0.1) is 6.58 Å².